The maximum Gasteiger partial charge on any atom is 0.324 e. The summed E-state index contributed by atoms with van der Waals surface area (Å²) >= 11 is 0. The molecule has 1 saturated heterocycles. The second kappa shape index (κ2) is 6.05. The lowest BCUT2D eigenvalue weighted by atomic mass is 9.66. The van der Waals surface area contributed by atoms with Crippen molar-refractivity contribution in [2.24, 2.45) is 11.3 Å². The quantitative estimate of drug-likeness (QED) is 0.834. The van der Waals surface area contributed by atoms with E-state index in [-0.39, 0.29) is 0 Å². The van der Waals surface area contributed by atoms with Crippen LogP contribution in [0.3, 0.4) is 0 Å². The SMILES string of the molecule is CC(C)(C)C1CCC(C(=O)O)(N2CCCCCC2)CC1. The first-order valence-electron chi connectivity index (χ1n) is 8.35. The molecule has 1 aliphatic heterocycles. The van der Waals surface area contributed by atoms with Crippen LogP contribution in [0.25, 0.3) is 0 Å². The molecule has 0 atom stereocenters. The molecule has 3 nitrogen and oxygen atoms in total. The summed E-state index contributed by atoms with van der Waals surface area (Å²) in [6.45, 7) is 8.82. The van der Waals surface area contributed by atoms with E-state index in [0.717, 1.165) is 51.6 Å². The standard InChI is InChI=1S/C17H31NO2/c1-16(2,3)14-8-10-17(11-9-14,15(19)20)18-12-6-4-5-7-13-18/h14H,4-13H2,1-3H3,(H,19,20). The van der Waals surface area contributed by atoms with Gasteiger partial charge in [0.1, 0.15) is 5.54 Å². The largest absolute Gasteiger partial charge is 0.480 e. The van der Waals surface area contributed by atoms with Crippen LogP contribution in [0.1, 0.15) is 72.1 Å². The first-order valence-corrected chi connectivity index (χ1v) is 8.35. The Hall–Kier alpha value is -0.570. The van der Waals surface area contributed by atoms with Gasteiger partial charge in [-0.3, -0.25) is 9.69 Å². The average Bonchev–Trinajstić information content (AvgIpc) is 2.66. The van der Waals surface area contributed by atoms with Crippen LogP contribution in [-0.2, 0) is 4.79 Å². The second-order valence-electron chi connectivity index (χ2n) is 7.88. The minimum atomic E-state index is -0.577. The lowest BCUT2D eigenvalue weighted by Gasteiger charge is -2.47. The molecule has 116 valence electrons. The Kier molecular flexibility index (Phi) is 4.78. The molecule has 0 aromatic heterocycles. The van der Waals surface area contributed by atoms with Gasteiger partial charge in [0.15, 0.2) is 0 Å². The Morgan fingerprint density at radius 3 is 1.95 bits per heavy atom. The number of aliphatic carboxylic acids is 1. The number of carboxylic acid groups (broad SMARTS) is 1. The predicted octanol–water partition coefficient (Wildman–Crippen LogP) is 3.92. The van der Waals surface area contributed by atoms with Crippen LogP contribution < -0.4 is 0 Å². The third kappa shape index (κ3) is 3.19. The highest BCUT2D eigenvalue weighted by atomic mass is 16.4. The van der Waals surface area contributed by atoms with E-state index in [9.17, 15) is 9.90 Å². The summed E-state index contributed by atoms with van der Waals surface area (Å²) in [5.41, 5.74) is -0.254. The third-order valence-corrected chi connectivity index (χ3v) is 5.65. The minimum Gasteiger partial charge on any atom is -0.480 e. The van der Waals surface area contributed by atoms with E-state index >= 15 is 0 Å². The van der Waals surface area contributed by atoms with Gasteiger partial charge in [-0.25, -0.2) is 0 Å². The number of carbonyl (C=O) groups is 1. The molecule has 2 fully saturated rings. The van der Waals surface area contributed by atoms with E-state index in [4.69, 9.17) is 0 Å². The first-order chi connectivity index (χ1) is 9.36. The Morgan fingerprint density at radius 1 is 1.05 bits per heavy atom. The molecule has 3 heteroatoms. The van der Waals surface area contributed by atoms with Gasteiger partial charge in [0.25, 0.3) is 0 Å². The Balaban J connectivity index is 2.10. The van der Waals surface area contributed by atoms with Crippen LogP contribution in [0.4, 0.5) is 0 Å². The molecule has 0 unspecified atom stereocenters. The van der Waals surface area contributed by atoms with Crippen LogP contribution in [0, 0.1) is 11.3 Å². The predicted molar refractivity (Wildman–Crippen MR) is 81.8 cm³/mol. The van der Waals surface area contributed by atoms with Gasteiger partial charge in [0, 0.05) is 0 Å². The van der Waals surface area contributed by atoms with Crippen molar-refractivity contribution in [2.45, 2.75) is 77.7 Å². The highest BCUT2D eigenvalue weighted by Gasteiger charge is 2.47. The number of hydrogen-bond donors (Lipinski definition) is 1. The third-order valence-electron chi connectivity index (χ3n) is 5.65. The van der Waals surface area contributed by atoms with Crippen LogP contribution in [0.15, 0.2) is 0 Å². The highest BCUT2D eigenvalue weighted by molar-refractivity contribution is 5.79. The zero-order valence-corrected chi connectivity index (χ0v) is 13.5. The maximum atomic E-state index is 12.0. The molecule has 1 heterocycles. The molecule has 2 rings (SSSR count). The molecule has 0 aromatic carbocycles. The summed E-state index contributed by atoms with van der Waals surface area (Å²) in [6, 6.07) is 0. The molecule has 20 heavy (non-hydrogen) atoms. The second-order valence-corrected chi connectivity index (χ2v) is 7.88. The fourth-order valence-electron chi connectivity index (χ4n) is 4.13. The number of rotatable bonds is 2. The Labute approximate surface area is 123 Å². The molecule has 0 amide bonds. The molecule has 1 aliphatic carbocycles. The van der Waals surface area contributed by atoms with Gasteiger partial charge >= 0.3 is 5.97 Å². The van der Waals surface area contributed by atoms with Crippen molar-refractivity contribution in [3.8, 4) is 0 Å². The Bertz CT molecular complexity index is 329. The average molecular weight is 281 g/mol. The van der Waals surface area contributed by atoms with E-state index < -0.39 is 11.5 Å². The molecule has 0 bridgehead atoms. The summed E-state index contributed by atoms with van der Waals surface area (Å²) in [4.78, 5) is 14.3. The van der Waals surface area contributed by atoms with Crippen LogP contribution in [0.2, 0.25) is 0 Å². The zero-order valence-electron chi connectivity index (χ0n) is 13.5. The van der Waals surface area contributed by atoms with Gasteiger partial charge in [0.2, 0.25) is 0 Å². The van der Waals surface area contributed by atoms with E-state index in [2.05, 4.69) is 25.7 Å². The molecular formula is C17H31NO2. The molecule has 0 aromatic rings. The molecule has 1 N–H and O–H groups in total. The summed E-state index contributed by atoms with van der Waals surface area (Å²) in [7, 11) is 0. The van der Waals surface area contributed by atoms with Crippen LogP contribution in [0.5, 0.6) is 0 Å². The van der Waals surface area contributed by atoms with Crippen molar-refractivity contribution in [3.63, 3.8) is 0 Å². The van der Waals surface area contributed by atoms with Gasteiger partial charge in [0.05, 0.1) is 0 Å². The van der Waals surface area contributed by atoms with Gasteiger partial charge in [-0.1, -0.05) is 33.6 Å². The van der Waals surface area contributed by atoms with E-state index in [1.54, 1.807) is 0 Å². The number of nitrogens with zero attached hydrogens (tertiary/aromatic N) is 1. The number of carboxylic acids is 1. The summed E-state index contributed by atoms with van der Waals surface area (Å²) in [5.74, 6) is 0.0914. The molecule has 0 spiro atoms. The minimum absolute atomic E-state index is 0.309. The van der Waals surface area contributed by atoms with E-state index in [0.29, 0.717) is 11.3 Å². The van der Waals surface area contributed by atoms with Crippen molar-refractivity contribution < 1.29 is 9.90 Å². The molecule has 1 saturated carbocycles. The summed E-state index contributed by atoms with van der Waals surface area (Å²) in [5, 5.41) is 9.88. The number of hydrogen-bond acceptors (Lipinski definition) is 2. The van der Waals surface area contributed by atoms with Crippen LogP contribution >= 0.6 is 0 Å². The van der Waals surface area contributed by atoms with Crippen molar-refractivity contribution in [3.05, 3.63) is 0 Å². The van der Waals surface area contributed by atoms with Crippen LogP contribution in [-0.4, -0.2) is 34.6 Å². The topological polar surface area (TPSA) is 40.5 Å². The fourth-order valence-corrected chi connectivity index (χ4v) is 4.13. The van der Waals surface area contributed by atoms with Gasteiger partial charge in [-0.15, -0.1) is 0 Å². The van der Waals surface area contributed by atoms with Gasteiger partial charge in [-0.2, -0.15) is 0 Å². The monoisotopic (exact) mass is 281 g/mol. The smallest absolute Gasteiger partial charge is 0.324 e. The maximum absolute atomic E-state index is 12.0. The summed E-state index contributed by atoms with van der Waals surface area (Å²) < 4.78 is 0. The molecule has 0 radical (unpaired) electrons. The molecule has 2 aliphatic rings. The normalized spacial score (nSPS) is 33.6. The van der Waals surface area contributed by atoms with E-state index in [1.807, 2.05) is 0 Å². The molecular weight excluding hydrogens is 250 g/mol. The van der Waals surface area contributed by atoms with Crippen molar-refractivity contribution in [1.29, 1.82) is 0 Å². The fraction of sp³-hybridized carbons (Fsp3) is 0.941. The Morgan fingerprint density at radius 2 is 1.55 bits per heavy atom. The lowest BCUT2D eigenvalue weighted by molar-refractivity contribution is -0.155. The van der Waals surface area contributed by atoms with E-state index in [1.165, 1.54) is 12.8 Å². The van der Waals surface area contributed by atoms with Gasteiger partial charge < -0.3 is 5.11 Å². The van der Waals surface area contributed by atoms with Gasteiger partial charge in [-0.05, 0) is 62.9 Å². The number of likely N-dealkylation sites (tertiary alicyclic amines) is 1. The highest BCUT2D eigenvalue weighted by Crippen LogP contribution is 2.44. The van der Waals surface area contributed by atoms with Crippen molar-refractivity contribution >= 4 is 5.97 Å². The van der Waals surface area contributed by atoms with Crippen molar-refractivity contribution in [1.82, 2.24) is 4.90 Å². The zero-order chi connectivity index (χ0) is 14.8. The summed E-state index contributed by atoms with van der Waals surface area (Å²) in [6.07, 6.45) is 8.65. The first kappa shape index (κ1) is 15.8. The van der Waals surface area contributed by atoms with Crippen molar-refractivity contribution in [2.75, 3.05) is 13.1 Å². The lowest BCUT2D eigenvalue weighted by Crippen LogP contribution is -2.57.